The summed E-state index contributed by atoms with van der Waals surface area (Å²) >= 11 is 0. The van der Waals surface area contributed by atoms with Crippen LogP contribution in [0.5, 0.6) is 11.5 Å². The highest BCUT2D eigenvalue weighted by Gasteiger charge is 2.16. The van der Waals surface area contributed by atoms with Gasteiger partial charge in [-0.1, -0.05) is 0 Å². The van der Waals surface area contributed by atoms with Crippen LogP contribution in [0.25, 0.3) is 0 Å². The summed E-state index contributed by atoms with van der Waals surface area (Å²) in [4.78, 5) is 19.3. The zero-order valence-electron chi connectivity index (χ0n) is 10.2. The lowest BCUT2D eigenvalue weighted by Gasteiger charge is -2.07. The Balaban J connectivity index is 2.30. The third kappa shape index (κ3) is 3.08. The van der Waals surface area contributed by atoms with Gasteiger partial charge in [0.05, 0.1) is 22.0 Å². The molecule has 2 rings (SSSR count). The number of nitrogens with zero attached hydrogens (tertiary/aromatic N) is 2. The number of non-ortho nitro benzene ring substituents is 2. The molecule has 0 aromatic heterocycles. The van der Waals surface area contributed by atoms with Crippen molar-refractivity contribution in [3.05, 3.63) is 68.3 Å². The zero-order valence-corrected chi connectivity index (χ0v) is 10.2. The summed E-state index contributed by atoms with van der Waals surface area (Å²) in [5.41, 5.74) is -0.965. The Labute approximate surface area is 115 Å². The van der Waals surface area contributed by atoms with Gasteiger partial charge >= 0.3 is 0 Å². The van der Waals surface area contributed by atoms with Crippen LogP contribution < -0.4 is 4.74 Å². The van der Waals surface area contributed by atoms with E-state index in [0.717, 1.165) is 24.3 Å². The number of nitro benzene ring substituents is 2. The lowest BCUT2D eigenvalue weighted by molar-refractivity contribution is -0.385. The Morgan fingerprint density at radius 3 is 1.48 bits per heavy atom. The van der Waals surface area contributed by atoms with Gasteiger partial charge in [-0.05, 0) is 12.1 Å². The number of rotatable bonds is 4. The van der Waals surface area contributed by atoms with E-state index in [0.29, 0.717) is 12.1 Å². The summed E-state index contributed by atoms with van der Waals surface area (Å²) in [7, 11) is 0. The minimum atomic E-state index is -1.05. The Morgan fingerprint density at radius 1 is 0.810 bits per heavy atom. The second-order valence-electron chi connectivity index (χ2n) is 3.85. The van der Waals surface area contributed by atoms with Crippen LogP contribution in [0.4, 0.5) is 20.2 Å². The van der Waals surface area contributed by atoms with Gasteiger partial charge in [-0.3, -0.25) is 20.2 Å². The predicted octanol–water partition coefficient (Wildman–Crippen LogP) is 3.57. The number of nitro groups is 2. The van der Waals surface area contributed by atoms with Gasteiger partial charge in [-0.2, -0.15) is 0 Å². The molecule has 0 bridgehead atoms. The van der Waals surface area contributed by atoms with Gasteiger partial charge in [0.1, 0.15) is 0 Å². The van der Waals surface area contributed by atoms with Crippen molar-refractivity contribution in [1.82, 2.24) is 0 Å². The van der Waals surface area contributed by atoms with Crippen LogP contribution in [0.15, 0.2) is 36.4 Å². The van der Waals surface area contributed by atoms with Crippen LogP contribution in [-0.2, 0) is 0 Å². The van der Waals surface area contributed by atoms with Crippen molar-refractivity contribution < 1.29 is 23.4 Å². The van der Waals surface area contributed by atoms with Gasteiger partial charge in [0.25, 0.3) is 11.4 Å². The van der Waals surface area contributed by atoms with Crippen LogP contribution in [0.1, 0.15) is 0 Å². The number of hydrogen-bond acceptors (Lipinski definition) is 5. The summed E-state index contributed by atoms with van der Waals surface area (Å²) in [6, 6.07) is 5.16. The first-order valence-electron chi connectivity index (χ1n) is 5.44. The molecule has 0 spiro atoms. The van der Waals surface area contributed by atoms with Crippen molar-refractivity contribution in [2.45, 2.75) is 0 Å². The number of benzene rings is 2. The number of halogens is 2. The zero-order chi connectivity index (χ0) is 15.6. The molecule has 0 saturated heterocycles. The highest BCUT2D eigenvalue weighted by atomic mass is 19.1. The third-order valence-corrected chi connectivity index (χ3v) is 2.47. The highest BCUT2D eigenvalue weighted by molar-refractivity contribution is 5.42. The van der Waals surface area contributed by atoms with Gasteiger partial charge in [-0.25, -0.2) is 8.78 Å². The van der Waals surface area contributed by atoms with Gasteiger partial charge in [-0.15, -0.1) is 0 Å². The highest BCUT2D eigenvalue weighted by Crippen LogP contribution is 2.30. The molecule has 0 radical (unpaired) electrons. The molecule has 7 nitrogen and oxygen atoms in total. The molecule has 9 heteroatoms. The van der Waals surface area contributed by atoms with Crippen LogP contribution in [-0.4, -0.2) is 9.85 Å². The molecule has 0 amide bonds. The molecule has 2 aromatic carbocycles. The Morgan fingerprint density at radius 2 is 1.19 bits per heavy atom. The molecular formula is C12H6F2N2O5. The quantitative estimate of drug-likeness (QED) is 0.634. The van der Waals surface area contributed by atoms with Crippen molar-refractivity contribution in [2.75, 3.05) is 0 Å². The van der Waals surface area contributed by atoms with Crippen molar-refractivity contribution in [2.24, 2.45) is 0 Å². The van der Waals surface area contributed by atoms with Crippen LogP contribution in [0.3, 0.4) is 0 Å². The topological polar surface area (TPSA) is 95.5 Å². The smallest absolute Gasteiger partial charge is 0.272 e. The molecule has 108 valence electrons. The average Bonchev–Trinajstić information content (AvgIpc) is 2.42. The number of hydrogen-bond donors (Lipinski definition) is 0. The lowest BCUT2D eigenvalue weighted by Crippen LogP contribution is -1.95. The maximum absolute atomic E-state index is 13.6. The molecule has 2 aromatic rings. The Bertz CT molecular complexity index is 674. The molecule has 0 heterocycles. The largest absolute Gasteiger partial charge is 0.451 e. The molecule has 0 atom stereocenters. The molecule has 0 N–H and O–H groups in total. The van der Waals surface area contributed by atoms with Crippen molar-refractivity contribution >= 4 is 11.4 Å². The molecule has 0 fully saturated rings. The Hall–Kier alpha value is -3.10. The molecule has 0 aliphatic heterocycles. The summed E-state index contributed by atoms with van der Waals surface area (Å²) in [6.45, 7) is 0. The first-order chi connectivity index (χ1) is 9.88. The molecular weight excluding hydrogens is 290 g/mol. The lowest BCUT2D eigenvalue weighted by atomic mass is 10.2. The van der Waals surface area contributed by atoms with E-state index in [1.54, 1.807) is 0 Å². The van der Waals surface area contributed by atoms with E-state index in [1.807, 2.05) is 0 Å². The minimum absolute atomic E-state index is 0.437. The molecule has 0 saturated carbocycles. The van der Waals surface area contributed by atoms with Gasteiger partial charge in [0.15, 0.2) is 23.1 Å². The van der Waals surface area contributed by atoms with Crippen LogP contribution >= 0.6 is 0 Å². The fourth-order valence-corrected chi connectivity index (χ4v) is 1.49. The van der Waals surface area contributed by atoms with E-state index in [4.69, 9.17) is 4.74 Å². The molecule has 0 unspecified atom stereocenters. The first kappa shape index (κ1) is 14.3. The standard InChI is InChI=1S/C12H6F2N2O5/c13-9-5-7(15(17)18)1-3-11(9)21-12-4-2-8(16(19)20)6-10(12)14/h1-6H. The SMILES string of the molecule is O=[N+]([O-])c1ccc(Oc2ccc([N+](=O)[O-])cc2F)c(F)c1. The van der Waals surface area contributed by atoms with Gasteiger partial charge in [0.2, 0.25) is 0 Å². The van der Waals surface area contributed by atoms with Crippen molar-refractivity contribution in [3.8, 4) is 11.5 Å². The Kier molecular flexibility index (Phi) is 3.74. The monoisotopic (exact) mass is 296 g/mol. The summed E-state index contributed by atoms with van der Waals surface area (Å²) < 4.78 is 32.1. The summed E-state index contributed by atoms with van der Waals surface area (Å²) in [5, 5.41) is 20.9. The van der Waals surface area contributed by atoms with Crippen LogP contribution in [0, 0.1) is 31.9 Å². The summed E-state index contributed by atoms with van der Waals surface area (Å²) in [5.74, 6) is -2.98. The van der Waals surface area contributed by atoms with E-state index in [1.165, 1.54) is 0 Å². The third-order valence-electron chi connectivity index (χ3n) is 2.47. The van der Waals surface area contributed by atoms with Crippen LogP contribution in [0.2, 0.25) is 0 Å². The maximum atomic E-state index is 13.6. The maximum Gasteiger partial charge on any atom is 0.272 e. The normalized spacial score (nSPS) is 10.2. The van der Waals surface area contributed by atoms with E-state index >= 15 is 0 Å². The molecule has 0 aliphatic rings. The van der Waals surface area contributed by atoms with Gasteiger partial charge in [0, 0.05) is 12.1 Å². The van der Waals surface area contributed by atoms with E-state index < -0.39 is 44.4 Å². The summed E-state index contributed by atoms with van der Waals surface area (Å²) in [6.07, 6.45) is 0. The van der Waals surface area contributed by atoms with Crippen molar-refractivity contribution in [1.29, 1.82) is 0 Å². The van der Waals surface area contributed by atoms with Crippen molar-refractivity contribution in [3.63, 3.8) is 0 Å². The molecule has 21 heavy (non-hydrogen) atoms. The minimum Gasteiger partial charge on any atom is -0.451 e. The van der Waals surface area contributed by atoms with E-state index in [9.17, 15) is 29.0 Å². The number of ether oxygens (including phenoxy) is 1. The van der Waals surface area contributed by atoms with Gasteiger partial charge < -0.3 is 4.74 Å². The first-order valence-corrected chi connectivity index (χ1v) is 5.44. The van der Waals surface area contributed by atoms with E-state index in [2.05, 4.69) is 0 Å². The van der Waals surface area contributed by atoms with E-state index in [-0.39, 0.29) is 0 Å². The molecule has 0 aliphatic carbocycles. The fourth-order valence-electron chi connectivity index (χ4n) is 1.49. The average molecular weight is 296 g/mol. The fraction of sp³-hybridized carbons (Fsp3) is 0. The second kappa shape index (κ2) is 5.49. The predicted molar refractivity (Wildman–Crippen MR) is 66.2 cm³/mol. The second-order valence-corrected chi connectivity index (χ2v) is 3.85.